The van der Waals surface area contributed by atoms with Gasteiger partial charge in [-0.25, -0.2) is 0 Å². The minimum Gasteiger partial charge on any atom is -0.381 e. The second-order valence-electron chi connectivity index (χ2n) is 4.85. The fourth-order valence-corrected chi connectivity index (χ4v) is 2.51. The molecule has 1 amide bonds. The van der Waals surface area contributed by atoms with Crippen molar-refractivity contribution in [2.75, 3.05) is 45.9 Å². The van der Waals surface area contributed by atoms with Crippen LogP contribution in [-0.2, 0) is 9.53 Å². The van der Waals surface area contributed by atoms with Crippen LogP contribution in [-0.4, -0.2) is 62.1 Å². The molecule has 2 heterocycles. The highest BCUT2D eigenvalue weighted by atomic mass is 16.5. The summed E-state index contributed by atoms with van der Waals surface area (Å²) < 4.78 is 5.37. The average Bonchev–Trinajstić information content (AvgIpc) is 2.83. The van der Waals surface area contributed by atoms with Crippen molar-refractivity contribution in [3.63, 3.8) is 0 Å². The van der Waals surface area contributed by atoms with Crippen LogP contribution in [0.3, 0.4) is 0 Å². The van der Waals surface area contributed by atoms with Crippen LogP contribution in [0.5, 0.6) is 0 Å². The molecule has 16 heavy (non-hydrogen) atoms. The van der Waals surface area contributed by atoms with E-state index >= 15 is 0 Å². The van der Waals surface area contributed by atoms with E-state index in [4.69, 9.17) is 4.74 Å². The van der Waals surface area contributed by atoms with E-state index < -0.39 is 0 Å². The van der Waals surface area contributed by atoms with Gasteiger partial charge >= 0.3 is 0 Å². The molecule has 2 saturated heterocycles. The summed E-state index contributed by atoms with van der Waals surface area (Å²) in [6.07, 6.45) is 4.79. The summed E-state index contributed by atoms with van der Waals surface area (Å²) in [6, 6.07) is 0. The molecule has 2 rings (SSSR count). The maximum atomic E-state index is 10.5. The van der Waals surface area contributed by atoms with Gasteiger partial charge in [0.05, 0.1) is 0 Å². The maximum absolute atomic E-state index is 10.5. The van der Waals surface area contributed by atoms with Crippen LogP contribution >= 0.6 is 0 Å². The van der Waals surface area contributed by atoms with E-state index in [9.17, 15) is 4.79 Å². The van der Waals surface area contributed by atoms with E-state index in [1.807, 2.05) is 4.90 Å². The second-order valence-corrected chi connectivity index (χ2v) is 4.85. The lowest BCUT2D eigenvalue weighted by Gasteiger charge is -2.32. The third-order valence-corrected chi connectivity index (χ3v) is 3.67. The summed E-state index contributed by atoms with van der Waals surface area (Å²) in [5, 5.41) is 0. The van der Waals surface area contributed by atoms with Gasteiger partial charge in [-0.2, -0.15) is 0 Å². The van der Waals surface area contributed by atoms with E-state index in [1.54, 1.807) is 0 Å². The van der Waals surface area contributed by atoms with E-state index in [2.05, 4.69) is 4.90 Å². The molecule has 4 nitrogen and oxygen atoms in total. The first-order valence-corrected chi connectivity index (χ1v) is 6.38. The minimum absolute atomic E-state index is 0.802. The number of carbonyl (C=O) groups excluding carboxylic acids is 1. The SMILES string of the molecule is O=CN1CCN(CCCC2CCOC2)CC1. The molecule has 2 aliphatic heterocycles. The number of piperazine rings is 1. The third kappa shape index (κ3) is 3.46. The molecule has 2 aliphatic rings. The van der Waals surface area contributed by atoms with Crippen LogP contribution in [0.2, 0.25) is 0 Å². The predicted molar refractivity (Wildman–Crippen MR) is 62.2 cm³/mol. The van der Waals surface area contributed by atoms with Crippen LogP contribution < -0.4 is 0 Å². The van der Waals surface area contributed by atoms with Crippen molar-refractivity contribution in [1.82, 2.24) is 9.80 Å². The summed E-state index contributed by atoms with van der Waals surface area (Å²) in [4.78, 5) is 14.9. The van der Waals surface area contributed by atoms with E-state index in [0.717, 1.165) is 51.7 Å². The van der Waals surface area contributed by atoms with Crippen molar-refractivity contribution in [2.45, 2.75) is 19.3 Å². The lowest BCUT2D eigenvalue weighted by atomic mass is 10.0. The molecule has 0 N–H and O–H groups in total. The molecule has 2 fully saturated rings. The predicted octanol–water partition coefficient (Wildman–Crippen LogP) is 0.577. The Morgan fingerprint density at radius 1 is 1.25 bits per heavy atom. The number of ether oxygens (including phenoxy) is 1. The van der Waals surface area contributed by atoms with Crippen molar-refractivity contribution in [3.8, 4) is 0 Å². The molecule has 92 valence electrons. The first-order valence-electron chi connectivity index (χ1n) is 6.38. The molecule has 1 atom stereocenters. The van der Waals surface area contributed by atoms with Gasteiger partial charge in [-0.05, 0) is 31.7 Å². The Morgan fingerprint density at radius 2 is 2.06 bits per heavy atom. The number of carbonyl (C=O) groups is 1. The van der Waals surface area contributed by atoms with Gasteiger partial charge in [-0.15, -0.1) is 0 Å². The third-order valence-electron chi connectivity index (χ3n) is 3.67. The molecule has 0 bridgehead atoms. The topological polar surface area (TPSA) is 32.8 Å². The number of amides is 1. The average molecular weight is 226 g/mol. The minimum atomic E-state index is 0.802. The van der Waals surface area contributed by atoms with Crippen LogP contribution in [0.1, 0.15) is 19.3 Å². The number of hydrogen-bond acceptors (Lipinski definition) is 3. The Morgan fingerprint density at radius 3 is 2.69 bits per heavy atom. The maximum Gasteiger partial charge on any atom is 0.209 e. The molecule has 4 heteroatoms. The molecule has 0 spiro atoms. The van der Waals surface area contributed by atoms with Gasteiger partial charge in [0.15, 0.2) is 0 Å². The van der Waals surface area contributed by atoms with Gasteiger partial charge in [-0.3, -0.25) is 9.69 Å². The van der Waals surface area contributed by atoms with E-state index in [0.29, 0.717) is 0 Å². The smallest absolute Gasteiger partial charge is 0.209 e. The molecule has 0 aromatic carbocycles. The largest absolute Gasteiger partial charge is 0.381 e. The molecule has 0 aromatic heterocycles. The molecule has 0 saturated carbocycles. The highest BCUT2D eigenvalue weighted by Crippen LogP contribution is 2.18. The molecule has 0 aliphatic carbocycles. The highest BCUT2D eigenvalue weighted by molar-refractivity contribution is 5.47. The summed E-state index contributed by atoms with van der Waals surface area (Å²) in [7, 11) is 0. The Kier molecular flexibility index (Phi) is 4.60. The van der Waals surface area contributed by atoms with E-state index in [-0.39, 0.29) is 0 Å². The fourth-order valence-electron chi connectivity index (χ4n) is 2.51. The normalized spacial score (nSPS) is 27.2. The van der Waals surface area contributed by atoms with Crippen LogP contribution in [0.4, 0.5) is 0 Å². The lowest BCUT2D eigenvalue weighted by molar-refractivity contribution is -0.119. The van der Waals surface area contributed by atoms with Crippen molar-refractivity contribution in [2.24, 2.45) is 5.92 Å². The zero-order chi connectivity index (χ0) is 11.2. The Balaban J connectivity index is 1.54. The second kappa shape index (κ2) is 6.21. The highest BCUT2D eigenvalue weighted by Gasteiger charge is 2.17. The fraction of sp³-hybridized carbons (Fsp3) is 0.917. The molecular weight excluding hydrogens is 204 g/mol. The quantitative estimate of drug-likeness (QED) is 0.643. The van der Waals surface area contributed by atoms with Crippen molar-refractivity contribution in [3.05, 3.63) is 0 Å². The Bertz CT molecular complexity index is 209. The summed E-state index contributed by atoms with van der Waals surface area (Å²) in [6.45, 7) is 7.00. The van der Waals surface area contributed by atoms with Gasteiger partial charge in [-0.1, -0.05) is 0 Å². The van der Waals surface area contributed by atoms with Gasteiger partial charge in [0.25, 0.3) is 0 Å². The van der Waals surface area contributed by atoms with Crippen LogP contribution in [0.15, 0.2) is 0 Å². The van der Waals surface area contributed by atoms with Gasteiger partial charge < -0.3 is 9.64 Å². The van der Waals surface area contributed by atoms with Crippen molar-refractivity contribution < 1.29 is 9.53 Å². The summed E-state index contributed by atoms with van der Waals surface area (Å²) >= 11 is 0. The molecule has 0 radical (unpaired) electrons. The van der Waals surface area contributed by atoms with Gasteiger partial charge in [0, 0.05) is 39.4 Å². The number of nitrogens with zero attached hydrogens (tertiary/aromatic N) is 2. The van der Waals surface area contributed by atoms with E-state index in [1.165, 1.54) is 25.8 Å². The van der Waals surface area contributed by atoms with Crippen molar-refractivity contribution in [1.29, 1.82) is 0 Å². The zero-order valence-corrected chi connectivity index (χ0v) is 9.94. The first kappa shape index (κ1) is 11.9. The standard InChI is InChI=1S/C12H22N2O2/c15-11-14-7-5-13(6-8-14)4-1-2-12-3-9-16-10-12/h11-12H,1-10H2. The lowest BCUT2D eigenvalue weighted by Crippen LogP contribution is -2.45. The van der Waals surface area contributed by atoms with Crippen LogP contribution in [0.25, 0.3) is 0 Å². The van der Waals surface area contributed by atoms with Gasteiger partial charge in [0.2, 0.25) is 6.41 Å². The Labute approximate surface area is 97.5 Å². The summed E-state index contributed by atoms with van der Waals surface area (Å²) in [5.74, 6) is 0.802. The Hall–Kier alpha value is -0.610. The number of hydrogen-bond donors (Lipinski definition) is 0. The summed E-state index contributed by atoms with van der Waals surface area (Å²) in [5.41, 5.74) is 0. The molecule has 1 unspecified atom stereocenters. The number of rotatable bonds is 5. The van der Waals surface area contributed by atoms with Crippen molar-refractivity contribution >= 4 is 6.41 Å². The monoisotopic (exact) mass is 226 g/mol. The first-order chi connectivity index (χ1) is 7.88. The molecule has 0 aromatic rings. The van der Waals surface area contributed by atoms with Gasteiger partial charge in [0.1, 0.15) is 0 Å². The zero-order valence-electron chi connectivity index (χ0n) is 9.94. The molecular formula is C12H22N2O2. The van der Waals surface area contributed by atoms with Crippen LogP contribution in [0, 0.1) is 5.92 Å².